The largest absolute Gasteiger partial charge is 0.391 e. The summed E-state index contributed by atoms with van der Waals surface area (Å²) in [5.74, 6) is 0.374. The van der Waals surface area contributed by atoms with Crippen LogP contribution in [0.1, 0.15) is 18.4 Å². The standard InChI is InChI=1S/C14H20N2O/c15-13-12-7-6-11(14(13)17)9-16(12)8-10-4-2-1-3-5-10/h1-5,11-14,17H,6-9,15H2. The topological polar surface area (TPSA) is 49.5 Å². The number of hydrogen-bond acceptors (Lipinski definition) is 3. The van der Waals surface area contributed by atoms with E-state index in [0.29, 0.717) is 12.0 Å². The summed E-state index contributed by atoms with van der Waals surface area (Å²) in [6, 6.07) is 10.8. The van der Waals surface area contributed by atoms with Crippen molar-refractivity contribution < 1.29 is 5.11 Å². The van der Waals surface area contributed by atoms with Crippen molar-refractivity contribution in [3.05, 3.63) is 35.9 Å². The Balaban J connectivity index is 1.74. The van der Waals surface area contributed by atoms with Crippen molar-refractivity contribution in [1.82, 2.24) is 4.90 Å². The molecule has 3 N–H and O–H groups in total. The van der Waals surface area contributed by atoms with Crippen LogP contribution < -0.4 is 5.73 Å². The third-order valence-electron chi connectivity index (χ3n) is 4.32. The molecule has 4 unspecified atom stereocenters. The van der Waals surface area contributed by atoms with Crippen LogP contribution in [0.2, 0.25) is 0 Å². The first kappa shape index (κ1) is 11.2. The Morgan fingerprint density at radius 2 is 2.00 bits per heavy atom. The summed E-state index contributed by atoms with van der Waals surface area (Å²) in [6.45, 7) is 1.96. The third-order valence-corrected chi connectivity index (χ3v) is 4.32. The number of piperidine rings is 2. The average molecular weight is 232 g/mol. The fourth-order valence-electron chi connectivity index (χ4n) is 3.35. The molecule has 4 rings (SSSR count). The fraction of sp³-hybridized carbons (Fsp3) is 0.571. The third kappa shape index (κ3) is 1.99. The minimum absolute atomic E-state index is 0.0637. The Hall–Kier alpha value is -0.900. The lowest BCUT2D eigenvalue weighted by Gasteiger charge is -2.51. The first-order chi connectivity index (χ1) is 8.25. The summed E-state index contributed by atoms with van der Waals surface area (Å²) in [7, 11) is 0. The molecule has 3 nitrogen and oxygen atoms in total. The van der Waals surface area contributed by atoms with Crippen LogP contribution in [0.3, 0.4) is 0 Å². The second kappa shape index (κ2) is 4.41. The van der Waals surface area contributed by atoms with E-state index in [1.54, 1.807) is 0 Å². The number of hydrogen-bond donors (Lipinski definition) is 2. The SMILES string of the molecule is NC1C(O)C2CCC1N(Cc1ccccc1)C2. The normalized spacial score (nSPS) is 37.3. The lowest BCUT2D eigenvalue weighted by atomic mass is 9.74. The summed E-state index contributed by atoms with van der Waals surface area (Å²) in [6.07, 6.45) is 1.97. The molecule has 2 aliphatic heterocycles. The van der Waals surface area contributed by atoms with Crippen LogP contribution >= 0.6 is 0 Å². The van der Waals surface area contributed by atoms with Crippen molar-refractivity contribution in [2.45, 2.75) is 37.6 Å². The van der Waals surface area contributed by atoms with Crippen LogP contribution in [0, 0.1) is 5.92 Å². The van der Waals surface area contributed by atoms with E-state index in [1.807, 2.05) is 6.07 Å². The van der Waals surface area contributed by atoms with Crippen molar-refractivity contribution in [2.24, 2.45) is 11.7 Å². The maximum absolute atomic E-state index is 10.0. The molecule has 0 amide bonds. The molecule has 0 aromatic heterocycles. The minimum Gasteiger partial charge on any atom is -0.391 e. The molecule has 1 aromatic carbocycles. The maximum atomic E-state index is 10.0. The summed E-state index contributed by atoms with van der Waals surface area (Å²) in [4.78, 5) is 2.45. The molecule has 3 fully saturated rings. The van der Waals surface area contributed by atoms with Gasteiger partial charge < -0.3 is 10.8 Å². The minimum atomic E-state index is -0.291. The van der Waals surface area contributed by atoms with Gasteiger partial charge in [-0.2, -0.15) is 0 Å². The fourth-order valence-corrected chi connectivity index (χ4v) is 3.35. The first-order valence-corrected chi connectivity index (χ1v) is 6.47. The molecule has 1 aliphatic carbocycles. The van der Waals surface area contributed by atoms with Crippen LogP contribution in [0.15, 0.2) is 30.3 Å². The van der Waals surface area contributed by atoms with Gasteiger partial charge in [0.15, 0.2) is 0 Å². The molecule has 17 heavy (non-hydrogen) atoms. The molecule has 3 heteroatoms. The molecule has 0 spiro atoms. The smallest absolute Gasteiger partial charge is 0.0746 e. The zero-order chi connectivity index (χ0) is 11.8. The van der Waals surface area contributed by atoms with Gasteiger partial charge in [-0.05, 0) is 24.3 Å². The highest BCUT2D eigenvalue weighted by Crippen LogP contribution is 2.35. The van der Waals surface area contributed by atoms with Gasteiger partial charge >= 0.3 is 0 Å². The summed E-state index contributed by atoms with van der Waals surface area (Å²) in [5, 5.41) is 10.0. The van der Waals surface area contributed by atoms with Crippen molar-refractivity contribution in [1.29, 1.82) is 0 Å². The molecule has 3 aliphatic rings. The number of aliphatic hydroxyl groups is 1. The predicted octanol–water partition coefficient (Wildman–Crippen LogP) is 0.969. The van der Waals surface area contributed by atoms with Crippen LogP contribution in [0.4, 0.5) is 0 Å². The van der Waals surface area contributed by atoms with Crippen LogP contribution in [-0.2, 0) is 6.54 Å². The van der Waals surface area contributed by atoms with E-state index in [9.17, 15) is 5.11 Å². The van der Waals surface area contributed by atoms with Crippen molar-refractivity contribution >= 4 is 0 Å². The van der Waals surface area contributed by atoms with Crippen molar-refractivity contribution in [2.75, 3.05) is 6.54 Å². The van der Waals surface area contributed by atoms with Gasteiger partial charge in [0.2, 0.25) is 0 Å². The highest BCUT2D eigenvalue weighted by Gasteiger charge is 2.44. The Labute approximate surface area is 102 Å². The van der Waals surface area contributed by atoms with E-state index in [-0.39, 0.29) is 12.1 Å². The number of benzene rings is 1. The van der Waals surface area contributed by atoms with E-state index in [0.717, 1.165) is 25.9 Å². The molecule has 2 bridgehead atoms. The Bertz CT molecular complexity index is 379. The second-order valence-electron chi connectivity index (χ2n) is 5.39. The number of rotatable bonds is 2. The molecule has 92 valence electrons. The van der Waals surface area contributed by atoms with Gasteiger partial charge in [-0.15, -0.1) is 0 Å². The van der Waals surface area contributed by atoms with Crippen molar-refractivity contribution in [3.63, 3.8) is 0 Å². The van der Waals surface area contributed by atoms with Gasteiger partial charge in [-0.1, -0.05) is 30.3 Å². The number of aliphatic hydroxyl groups excluding tert-OH is 1. The van der Waals surface area contributed by atoms with E-state index in [1.165, 1.54) is 5.56 Å². The monoisotopic (exact) mass is 232 g/mol. The molecule has 2 heterocycles. The molecular weight excluding hydrogens is 212 g/mol. The zero-order valence-electron chi connectivity index (χ0n) is 10.00. The van der Waals surface area contributed by atoms with Crippen LogP contribution in [-0.4, -0.2) is 34.7 Å². The highest BCUT2D eigenvalue weighted by molar-refractivity contribution is 5.15. The molecule has 1 aromatic rings. The van der Waals surface area contributed by atoms with E-state index in [2.05, 4.69) is 29.2 Å². The van der Waals surface area contributed by atoms with Crippen LogP contribution in [0.5, 0.6) is 0 Å². The van der Waals surface area contributed by atoms with Gasteiger partial charge in [0.1, 0.15) is 0 Å². The van der Waals surface area contributed by atoms with Gasteiger partial charge in [0.05, 0.1) is 6.10 Å². The zero-order valence-corrected chi connectivity index (χ0v) is 10.00. The van der Waals surface area contributed by atoms with E-state index in [4.69, 9.17) is 5.73 Å². The lowest BCUT2D eigenvalue weighted by molar-refractivity contribution is -0.0690. The van der Waals surface area contributed by atoms with E-state index >= 15 is 0 Å². The Morgan fingerprint density at radius 3 is 2.71 bits per heavy atom. The predicted molar refractivity (Wildman–Crippen MR) is 67.3 cm³/mol. The molecular formula is C14H20N2O. The molecule has 0 radical (unpaired) electrons. The summed E-state index contributed by atoms with van der Waals surface area (Å²) in [5.41, 5.74) is 7.45. The van der Waals surface area contributed by atoms with Gasteiger partial charge in [0.25, 0.3) is 0 Å². The molecule has 1 saturated carbocycles. The maximum Gasteiger partial charge on any atom is 0.0746 e. The molecule has 2 saturated heterocycles. The lowest BCUT2D eigenvalue weighted by Crippen LogP contribution is -2.65. The second-order valence-corrected chi connectivity index (χ2v) is 5.39. The first-order valence-electron chi connectivity index (χ1n) is 6.47. The van der Waals surface area contributed by atoms with Gasteiger partial charge in [0, 0.05) is 25.2 Å². The number of nitrogens with zero attached hydrogens (tertiary/aromatic N) is 1. The summed E-state index contributed by atoms with van der Waals surface area (Å²) < 4.78 is 0. The number of fused-ring (bicyclic) bond motifs is 3. The number of nitrogens with two attached hydrogens (primary N) is 1. The quantitative estimate of drug-likeness (QED) is 0.799. The highest BCUT2D eigenvalue weighted by atomic mass is 16.3. The Kier molecular flexibility index (Phi) is 2.90. The van der Waals surface area contributed by atoms with Crippen LogP contribution in [0.25, 0.3) is 0 Å². The average Bonchev–Trinajstić information content (AvgIpc) is 2.36. The van der Waals surface area contributed by atoms with Gasteiger partial charge in [-0.25, -0.2) is 0 Å². The van der Waals surface area contributed by atoms with E-state index < -0.39 is 0 Å². The Morgan fingerprint density at radius 1 is 1.24 bits per heavy atom. The summed E-state index contributed by atoms with van der Waals surface area (Å²) >= 11 is 0. The van der Waals surface area contributed by atoms with Crippen molar-refractivity contribution in [3.8, 4) is 0 Å². The molecule has 4 atom stereocenters. The van der Waals surface area contributed by atoms with Gasteiger partial charge in [-0.3, -0.25) is 4.90 Å².